The number of azo groups is 1. The van der Waals surface area contributed by atoms with Gasteiger partial charge in [0.05, 0.1) is 25.3 Å². The van der Waals surface area contributed by atoms with Gasteiger partial charge in [0.25, 0.3) is 0 Å². The van der Waals surface area contributed by atoms with Crippen molar-refractivity contribution in [2.75, 3.05) is 36.5 Å². The van der Waals surface area contributed by atoms with Crippen LogP contribution in [-0.2, 0) is 28.6 Å². The molecule has 1 saturated heterocycles. The predicted molar refractivity (Wildman–Crippen MR) is 144 cm³/mol. The molecule has 212 valence electrons. The lowest BCUT2D eigenvalue weighted by Gasteiger charge is -2.29. The van der Waals surface area contributed by atoms with E-state index >= 15 is 0 Å². The molecule has 0 saturated carbocycles. The second-order valence-corrected chi connectivity index (χ2v) is 10.0. The van der Waals surface area contributed by atoms with Crippen LogP contribution in [0.4, 0.5) is 35.3 Å². The van der Waals surface area contributed by atoms with E-state index in [1.807, 2.05) is 31.2 Å². The van der Waals surface area contributed by atoms with Gasteiger partial charge in [-0.3, -0.25) is 5.32 Å². The highest BCUT2D eigenvalue weighted by Crippen LogP contribution is 2.31. The number of aryl methyl sites for hydroxylation is 1. The molecule has 0 unspecified atom stereocenters. The number of nitrogens with zero attached hydrogens (tertiary/aromatic N) is 5. The van der Waals surface area contributed by atoms with E-state index in [0.29, 0.717) is 50.3 Å². The second-order valence-electron chi connectivity index (χ2n) is 10.0. The van der Waals surface area contributed by atoms with Crippen LogP contribution < -0.4 is 10.2 Å². The minimum Gasteiger partial charge on any atom is -0.443 e. The highest BCUT2D eigenvalue weighted by atomic mass is 19.4. The molecule has 1 amide bonds. The molecule has 0 spiro atoms. The lowest BCUT2D eigenvalue weighted by Crippen LogP contribution is -2.37. The van der Waals surface area contributed by atoms with Crippen molar-refractivity contribution < 1.29 is 27.4 Å². The van der Waals surface area contributed by atoms with Crippen LogP contribution in [0.25, 0.3) is 0 Å². The minimum atomic E-state index is -4.53. The summed E-state index contributed by atoms with van der Waals surface area (Å²) in [6.07, 6.45) is -5.30. The fourth-order valence-corrected chi connectivity index (χ4v) is 4.14. The largest absolute Gasteiger partial charge is 0.443 e. The Morgan fingerprint density at radius 2 is 1.82 bits per heavy atom. The van der Waals surface area contributed by atoms with Crippen molar-refractivity contribution in [2.24, 2.45) is 10.2 Å². The monoisotopic (exact) mass is 556 g/mol. The fourth-order valence-electron chi connectivity index (χ4n) is 4.14. The second kappa shape index (κ2) is 12.4. The van der Waals surface area contributed by atoms with E-state index in [1.165, 1.54) is 12.1 Å². The summed E-state index contributed by atoms with van der Waals surface area (Å²) < 4.78 is 50.0. The number of nitrogens with one attached hydrogen (secondary N) is 1. The van der Waals surface area contributed by atoms with Crippen LogP contribution in [0.5, 0.6) is 0 Å². The van der Waals surface area contributed by atoms with E-state index in [4.69, 9.17) is 9.47 Å². The minimum absolute atomic E-state index is 0.0301. The molecule has 9 nitrogen and oxygen atoms in total. The van der Waals surface area contributed by atoms with Gasteiger partial charge in [-0.25, -0.2) is 14.8 Å². The molecular weight excluding hydrogens is 525 g/mol. The number of benzene rings is 2. The van der Waals surface area contributed by atoms with E-state index in [1.54, 1.807) is 19.9 Å². The Morgan fingerprint density at radius 3 is 2.55 bits per heavy atom. The van der Waals surface area contributed by atoms with Crippen LogP contribution in [0.2, 0.25) is 0 Å². The Labute approximate surface area is 230 Å². The first-order valence-electron chi connectivity index (χ1n) is 12.8. The number of amides is 1. The maximum atomic E-state index is 13.0. The molecule has 40 heavy (non-hydrogen) atoms. The van der Waals surface area contributed by atoms with Crippen LogP contribution >= 0.6 is 0 Å². The average Bonchev–Trinajstić information content (AvgIpc) is 2.88. The standard InChI is InChI=1S/C28H31F3N6O3/c1-19-6-4-7-20(14-19)18-32-36-23-16-25(37-10-12-39-13-11-37)35-24(34-23)17-27(2,3)40-26(38)33-22-9-5-8-21(15-22)28(29,30)31/h4-9,14-16H,10-13,17-18H2,1-3H3,(H,33,38). The zero-order valence-electron chi connectivity index (χ0n) is 22.5. The number of morpholine rings is 1. The third-order valence-corrected chi connectivity index (χ3v) is 5.98. The Bertz CT molecular complexity index is 1360. The van der Waals surface area contributed by atoms with E-state index in [-0.39, 0.29) is 12.1 Å². The maximum Gasteiger partial charge on any atom is 0.416 e. The van der Waals surface area contributed by atoms with Crippen molar-refractivity contribution in [2.45, 2.75) is 45.5 Å². The van der Waals surface area contributed by atoms with E-state index in [0.717, 1.165) is 23.3 Å². The first-order valence-corrected chi connectivity index (χ1v) is 12.8. The molecular formula is C28H31F3N6O3. The number of halogens is 3. The molecule has 12 heteroatoms. The summed E-state index contributed by atoms with van der Waals surface area (Å²) in [5, 5.41) is 11.0. The molecule has 1 aromatic heterocycles. The number of alkyl halides is 3. The van der Waals surface area contributed by atoms with Crippen LogP contribution in [0.3, 0.4) is 0 Å². The van der Waals surface area contributed by atoms with E-state index < -0.39 is 23.4 Å². The van der Waals surface area contributed by atoms with Crippen molar-refractivity contribution in [1.82, 2.24) is 9.97 Å². The fraction of sp³-hybridized carbons (Fsp3) is 0.393. The van der Waals surface area contributed by atoms with Crippen LogP contribution in [0.15, 0.2) is 64.8 Å². The van der Waals surface area contributed by atoms with Crippen molar-refractivity contribution in [3.8, 4) is 0 Å². The SMILES string of the molecule is Cc1cccc(CN=Nc2cc(N3CCOCC3)nc(CC(C)(C)OC(=O)Nc3cccc(C(F)(F)F)c3)n2)c1. The maximum absolute atomic E-state index is 13.0. The first-order chi connectivity index (χ1) is 19.0. The normalized spacial score (nSPS) is 14.4. The average molecular weight is 557 g/mol. The molecule has 3 aromatic rings. The summed E-state index contributed by atoms with van der Waals surface area (Å²) in [4.78, 5) is 23.8. The molecule has 1 aliphatic heterocycles. The van der Waals surface area contributed by atoms with Gasteiger partial charge in [-0.05, 0) is 44.5 Å². The molecule has 2 heterocycles. The Morgan fingerprint density at radius 1 is 1.07 bits per heavy atom. The van der Waals surface area contributed by atoms with Crippen molar-refractivity contribution in [1.29, 1.82) is 0 Å². The molecule has 4 rings (SSSR count). The number of rotatable bonds is 8. The highest BCUT2D eigenvalue weighted by molar-refractivity contribution is 5.85. The van der Waals surface area contributed by atoms with Crippen molar-refractivity contribution in [3.05, 3.63) is 77.1 Å². The van der Waals surface area contributed by atoms with E-state index in [2.05, 4.69) is 30.4 Å². The van der Waals surface area contributed by atoms with Gasteiger partial charge in [0.15, 0.2) is 5.82 Å². The molecule has 0 atom stereocenters. The Kier molecular flexibility index (Phi) is 8.98. The smallest absolute Gasteiger partial charge is 0.416 e. The number of hydrogen-bond donors (Lipinski definition) is 1. The van der Waals surface area contributed by atoms with Crippen molar-refractivity contribution >= 4 is 23.4 Å². The lowest BCUT2D eigenvalue weighted by molar-refractivity contribution is -0.137. The summed E-state index contributed by atoms with van der Waals surface area (Å²) in [6, 6.07) is 14.1. The molecule has 2 aromatic carbocycles. The zero-order valence-corrected chi connectivity index (χ0v) is 22.5. The van der Waals surface area contributed by atoms with Crippen molar-refractivity contribution in [3.63, 3.8) is 0 Å². The third kappa shape index (κ3) is 8.47. The molecule has 0 radical (unpaired) electrons. The zero-order chi connectivity index (χ0) is 28.8. The quantitative estimate of drug-likeness (QED) is 0.318. The summed E-state index contributed by atoms with van der Waals surface area (Å²) in [5.41, 5.74) is 0.156. The topological polar surface area (TPSA) is 101 Å². The summed E-state index contributed by atoms with van der Waals surface area (Å²) in [6.45, 7) is 8.16. The Hall–Kier alpha value is -4.06. The molecule has 0 aliphatic carbocycles. The first kappa shape index (κ1) is 28.9. The molecule has 1 fully saturated rings. The number of ether oxygens (including phenoxy) is 2. The summed E-state index contributed by atoms with van der Waals surface area (Å²) in [7, 11) is 0. The molecule has 1 aliphatic rings. The third-order valence-electron chi connectivity index (χ3n) is 5.98. The summed E-state index contributed by atoms with van der Waals surface area (Å²) in [5.74, 6) is 1.40. The summed E-state index contributed by atoms with van der Waals surface area (Å²) >= 11 is 0. The van der Waals surface area contributed by atoms with Crippen LogP contribution in [0, 0.1) is 6.92 Å². The van der Waals surface area contributed by atoms with Crippen LogP contribution in [0.1, 0.15) is 36.4 Å². The number of aromatic nitrogens is 2. The van der Waals surface area contributed by atoms with E-state index in [9.17, 15) is 18.0 Å². The van der Waals surface area contributed by atoms with Crippen LogP contribution in [-0.4, -0.2) is 48.0 Å². The van der Waals surface area contributed by atoms with Gasteiger partial charge in [-0.2, -0.15) is 18.3 Å². The van der Waals surface area contributed by atoms with Gasteiger partial charge in [-0.1, -0.05) is 35.9 Å². The predicted octanol–water partition coefficient (Wildman–Crippen LogP) is 6.49. The molecule has 0 bridgehead atoms. The number of anilines is 2. The molecule has 1 N–H and O–H groups in total. The van der Waals surface area contributed by atoms with Gasteiger partial charge < -0.3 is 14.4 Å². The highest BCUT2D eigenvalue weighted by Gasteiger charge is 2.31. The van der Waals surface area contributed by atoms with Gasteiger partial charge in [0, 0.05) is 31.3 Å². The van der Waals surface area contributed by atoms with Gasteiger partial charge >= 0.3 is 12.3 Å². The number of carbonyl (C=O) groups excluding carboxylic acids is 1. The lowest BCUT2D eigenvalue weighted by atomic mass is 10.0. The Balaban J connectivity index is 1.48. The van der Waals surface area contributed by atoms with Gasteiger partial charge in [0.2, 0.25) is 0 Å². The van der Waals surface area contributed by atoms with Gasteiger partial charge in [0.1, 0.15) is 17.2 Å². The number of hydrogen-bond acceptors (Lipinski definition) is 8. The number of carbonyl (C=O) groups is 1. The van der Waals surface area contributed by atoms with Gasteiger partial charge in [-0.15, -0.1) is 5.11 Å².